The summed E-state index contributed by atoms with van der Waals surface area (Å²) in [6.45, 7) is 0. The molecule has 0 saturated heterocycles. The number of halogens is 1. The fraction of sp³-hybridized carbons (Fsp3) is 0.550. The predicted molar refractivity (Wildman–Crippen MR) is 96.7 cm³/mol. The Morgan fingerprint density at radius 1 is 1.00 bits per heavy atom. The van der Waals surface area contributed by atoms with Gasteiger partial charge in [0.05, 0.1) is 6.04 Å². The third-order valence-electron chi connectivity index (χ3n) is 6.72. The average Bonchev–Trinajstić information content (AvgIpc) is 2.53. The maximum atomic E-state index is 14.3. The molecule has 0 amide bonds. The van der Waals surface area contributed by atoms with Crippen LogP contribution in [0.1, 0.15) is 50.1 Å². The van der Waals surface area contributed by atoms with Crippen LogP contribution in [-0.4, -0.2) is 5.11 Å². The first kappa shape index (κ1) is 14.9. The van der Waals surface area contributed by atoms with Gasteiger partial charge in [-0.2, -0.15) is 0 Å². The Bertz CT molecular complexity index is 691. The van der Waals surface area contributed by atoms with E-state index in [1.807, 2.05) is 12.1 Å². The zero-order valence-corrected chi connectivity index (χ0v) is 14.5. The highest BCUT2D eigenvalue weighted by atomic mass is 32.1. The first-order chi connectivity index (χ1) is 11.6. The summed E-state index contributed by atoms with van der Waals surface area (Å²) < 4.78 is 14.3. The van der Waals surface area contributed by atoms with Crippen molar-refractivity contribution < 1.29 is 4.39 Å². The Kier molecular flexibility index (Phi) is 3.28. The molecule has 6 rings (SSSR count). The number of thiocarbonyl (C=S) groups is 1. The molecule has 4 fully saturated rings. The van der Waals surface area contributed by atoms with Crippen LogP contribution >= 0.6 is 12.2 Å². The van der Waals surface area contributed by atoms with Crippen LogP contribution < -0.4 is 10.6 Å². The van der Waals surface area contributed by atoms with Crippen molar-refractivity contribution in [1.82, 2.24) is 10.6 Å². The largest absolute Gasteiger partial charge is 0.352 e. The Morgan fingerprint density at radius 2 is 1.62 bits per heavy atom. The van der Waals surface area contributed by atoms with Crippen molar-refractivity contribution >= 4 is 17.3 Å². The Balaban J connectivity index is 1.53. The van der Waals surface area contributed by atoms with Crippen LogP contribution in [-0.2, 0) is 0 Å². The molecule has 0 radical (unpaired) electrons. The second-order valence-corrected chi connectivity index (χ2v) is 8.78. The summed E-state index contributed by atoms with van der Waals surface area (Å²) >= 11 is 5.47. The van der Waals surface area contributed by atoms with Gasteiger partial charge in [0.25, 0.3) is 0 Å². The fourth-order valence-corrected chi connectivity index (χ4v) is 6.43. The highest BCUT2D eigenvalue weighted by molar-refractivity contribution is 7.80. The molecule has 0 aromatic heterocycles. The second kappa shape index (κ2) is 5.29. The molecule has 1 unspecified atom stereocenters. The lowest BCUT2D eigenvalue weighted by Crippen LogP contribution is -2.53. The van der Waals surface area contributed by atoms with E-state index in [1.54, 1.807) is 6.07 Å². The van der Waals surface area contributed by atoms with Crippen LogP contribution in [0.3, 0.4) is 0 Å². The molecule has 1 aromatic rings. The maximum absolute atomic E-state index is 14.3. The molecule has 2 nitrogen and oxygen atoms in total. The molecule has 4 saturated carbocycles. The molecule has 4 heteroatoms. The summed E-state index contributed by atoms with van der Waals surface area (Å²) in [6.07, 6.45) is 10.3. The average molecular weight is 342 g/mol. The van der Waals surface area contributed by atoms with Gasteiger partial charge in [-0.1, -0.05) is 18.2 Å². The minimum absolute atomic E-state index is 0.164. The van der Waals surface area contributed by atoms with Crippen molar-refractivity contribution in [3.05, 3.63) is 47.4 Å². The molecule has 0 spiro atoms. The third-order valence-corrected chi connectivity index (χ3v) is 6.94. The molecule has 5 aliphatic rings. The molecule has 2 N–H and O–H groups in total. The lowest BCUT2D eigenvalue weighted by atomic mass is 9.48. The van der Waals surface area contributed by atoms with Gasteiger partial charge in [0.2, 0.25) is 0 Å². The standard InChI is InChI=1S/C20H23FN2S/c21-16-4-2-1-3-15(16)17-8-18(23-19(24)22-17)20-9-12-5-13(10-20)7-14(6-12)11-20/h1-4,8,12-14,17H,5-7,9-11H2,(H2,22,23,24). The van der Waals surface area contributed by atoms with Crippen LogP contribution in [0.5, 0.6) is 0 Å². The van der Waals surface area contributed by atoms with E-state index in [4.69, 9.17) is 12.2 Å². The molecule has 4 bridgehead atoms. The van der Waals surface area contributed by atoms with Gasteiger partial charge in [0.1, 0.15) is 5.82 Å². The fourth-order valence-electron chi connectivity index (χ4n) is 6.19. The minimum Gasteiger partial charge on any atom is -0.352 e. The lowest BCUT2D eigenvalue weighted by Gasteiger charge is -2.58. The summed E-state index contributed by atoms with van der Waals surface area (Å²) in [6, 6.07) is 6.85. The highest BCUT2D eigenvalue weighted by Crippen LogP contribution is 2.62. The molecule has 1 heterocycles. The summed E-state index contributed by atoms with van der Waals surface area (Å²) in [4.78, 5) is 0. The molecule has 1 aromatic carbocycles. The smallest absolute Gasteiger partial charge is 0.171 e. The van der Waals surface area contributed by atoms with Crippen molar-refractivity contribution in [3.63, 3.8) is 0 Å². The van der Waals surface area contributed by atoms with Crippen LogP contribution in [0.2, 0.25) is 0 Å². The van der Waals surface area contributed by atoms with Gasteiger partial charge in [-0.05, 0) is 80.6 Å². The van der Waals surface area contributed by atoms with Gasteiger partial charge >= 0.3 is 0 Å². The summed E-state index contributed by atoms with van der Waals surface area (Å²) in [7, 11) is 0. The van der Waals surface area contributed by atoms with Crippen molar-refractivity contribution in [2.75, 3.05) is 0 Å². The summed E-state index contributed by atoms with van der Waals surface area (Å²) in [5, 5.41) is 7.33. The minimum atomic E-state index is -0.166. The molecule has 126 valence electrons. The first-order valence-electron chi connectivity index (χ1n) is 9.15. The monoisotopic (exact) mass is 342 g/mol. The molecule has 1 aliphatic heterocycles. The first-order valence-corrected chi connectivity index (χ1v) is 9.56. The van der Waals surface area contributed by atoms with Gasteiger partial charge in [-0.15, -0.1) is 0 Å². The number of hydrogen-bond acceptors (Lipinski definition) is 1. The van der Waals surface area contributed by atoms with Crippen LogP contribution in [0.4, 0.5) is 4.39 Å². The Morgan fingerprint density at radius 3 is 2.25 bits per heavy atom. The highest BCUT2D eigenvalue weighted by Gasteiger charge is 2.53. The molecular formula is C20H23FN2S. The zero-order valence-electron chi connectivity index (χ0n) is 13.7. The molecule has 1 atom stereocenters. The number of nitrogens with one attached hydrogen (secondary N) is 2. The van der Waals surface area contributed by atoms with Crippen molar-refractivity contribution in [3.8, 4) is 0 Å². The van der Waals surface area contributed by atoms with Crippen LogP contribution in [0.25, 0.3) is 0 Å². The van der Waals surface area contributed by atoms with E-state index in [9.17, 15) is 4.39 Å². The topological polar surface area (TPSA) is 24.1 Å². The SMILES string of the molecule is Fc1ccccc1C1C=C(C23CC4CC(CC(C4)C2)C3)NC(=S)N1. The normalized spacial score (nSPS) is 40.0. The van der Waals surface area contributed by atoms with E-state index >= 15 is 0 Å². The van der Waals surface area contributed by atoms with Gasteiger partial charge in [-0.25, -0.2) is 4.39 Å². The second-order valence-electron chi connectivity index (χ2n) is 8.38. The van der Waals surface area contributed by atoms with Crippen LogP contribution in [0, 0.1) is 29.0 Å². The summed E-state index contributed by atoms with van der Waals surface area (Å²) in [5.41, 5.74) is 2.20. The third kappa shape index (κ3) is 2.30. The molecular weight excluding hydrogens is 319 g/mol. The van der Waals surface area contributed by atoms with Gasteiger partial charge in [0.15, 0.2) is 5.11 Å². The van der Waals surface area contributed by atoms with E-state index in [-0.39, 0.29) is 17.3 Å². The molecule has 4 aliphatic carbocycles. The van der Waals surface area contributed by atoms with Gasteiger partial charge in [0, 0.05) is 16.7 Å². The van der Waals surface area contributed by atoms with E-state index in [2.05, 4.69) is 16.7 Å². The zero-order chi connectivity index (χ0) is 16.3. The van der Waals surface area contributed by atoms with Gasteiger partial charge in [-0.3, -0.25) is 0 Å². The van der Waals surface area contributed by atoms with Crippen molar-refractivity contribution in [2.24, 2.45) is 23.2 Å². The van der Waals surface area contributed by atoms with E-state index in [0.717, 1.165) is 17.8 Å². The summed E-state index contributed by atoms with van der Waals surface area (Å²) in [5.74, 6) is 2.48. The molecule has 24 heavy (non-hydrogen) atoms. The van der Waals surface area contributed by atoms with E-state index in [0.29, 0.717) is 10.7 Å². The Labute approximate surface area is 147 Å². The van der Waals surface area contributed by atoms with E-state index < -0.39 is 0 Å². The lowest BCUT2D eigenvalue weighted by molar-refractivity contribution is -0.0332. The number of rotatable bonds is 2. The Hall–Kier alpha value is -1.42. The van der Waals surface area contributed by atoms with E-state index in [1.165, 1.54) is 50.3 Å². The maximum Gasteiger partial charge on any atom is 0.171 e. The predicted octanol–water partition coefficient (Wildman–Crippen LogP) is 4.44. The number of allylic oxidation sites excluding steroid dienone is 1. The van der Waals surface area contributed by atoms with Crippen molar-refractivity contribution in [2.45, 2.75) is 44.6 Å². The quantitative estimate of drug-likeness (QED) is 0.777. The number of hydrogen-bond donors (Lipinski definition) is 2. The van der Waals surface area contributed by atoms with Crippen molar-refractivity contribution in [1.29, 1.82) is 0 Å². The van der Waals surface area contributed by atoms with Gasteiger partial charge < -0.3 is 10.6 Å². The number of benzene rings is 1. The van der Waals surface area contributed by atoms with Crippen LogP contribution in [0.15, 0.2) is 36.0 Å².